The fraction of sp³-hybridized carbons (Fsp3) is 0.750. The largest absolute Gasteiger partial charge is 0.469 e. The summed E-state index contributed by atoms with van der Waals surface area (Å²) in [6.45, 7) is 12.7. The van der Waals surface area contributed by atoms with Crippen molar-refractivity contribution in [2.45, 2.75) is 53.5 Å². The van der Waals surface area contributed by atoms with Crippen LogP contribution in [0.15, 0.2) is 22.8 Å². The second-order valence-corrected chi connectivity index (χ2v) is 6.08. The SMILES string of the molecule is CC(CCc1ccco1)NCC(C(C)C)C(C)C. The van der Waals surface area contributed by atoms with Crippen molar-refractivity contribution in [2.24, 2.45) is 17.8 Å². The molecule has 1 aromatic rings. The Hall–Kier alpha value is -0.760. The third-order valence-corrected chi connectivity index (χ3v) is 3.82. The number of aryl methyl sites for hydroxylation is 1. The van der Waals surface area contributed by atoms with Crippen LogP contribution in [0.25, 0.3) is 0 Å². The van der Waals surface area contributed by atoms with Crippen molar-refractivity contribution in [2.75, 3.05) is 6.54 Å². The first-order valence-corrected chi connectivity index (χ1v) is 7.26. The molecule has 1 unspecified atom stereocenters. The molecule has 0 aromatic carbocycles. The van der Waals surface area contributed by atoms with E-state index in [0.717, 1.165) is 42.9 Å². The standard InChI is InChI=1S/C16H29NO/c1-12(2)16(13(3)4)11-17-14(5)8-9-15-7-6-10-18-15/h6-7,10,12-14,16-17H,8-9,11H2,1-5H3. The number of nitrogens with one attached hydrogen (secondary N) is 1. The van der Waals surface area contributed by atoms with Gasteiger partial charge in [-0.3, -0.25) is 0 Å². The molecule has 104 valence electrons. The van der Waals surface area contributed by atoms with E-state index in [1.807, 2.05) is 6.07 Å². The predicted octanol–water partition coefficient (Wildman–Crippen LogP) is 4.12. The van der Waals surface area contributed by atoms with Crippen LogP contribution in [0.3, 0.4) is 0 Å². The van der Waals surface area contributed by atoms with Crippen LogP contribution in [0.5, 0.6) is 0 Å². The van der Waals surface area contributed by atoms with E-state index in [1.165, 1.54) is 0 Å². The van der Waals surface area contributed by atoms with Crippen molar-refractivity contribution in [1.29, 1.82) is 0 Å². The van der Waals surface area contributed by atoms with Gasteiger partial charge in [-0.05, 0) is 49.8 Å². The Bertz CT molecular complexity index is 295. The molecule has 0 spiro atoms. The summed E-state index contributed by atoms with van der Waals surface area (Å²) in [6.07, 6.45) is 3.91. The van der Waals surface area contributed by atoms with Gasteiger partial charge in [-0.25, -0.2) is 0 Å². The highest BCUT2D eigenvalue weighted by Crippen LogP contribution is 2.19. The molecule has 0 bridgehead atoms. The first-order chi connectivity index (χ1) is 8.50. The highest BCUT2D eigenvalue weighted by Gasteiger charge is 2.17. The summed E-state index contributed by atoms with van der Waals surface area (Å²) in [5.41, 5.74) is 0. The van der Waals surface area contributed by atoms with Gasteiger partial charge in [0.25, 0.3) is 0 Å². The molecular weight excluding hydrogens is 222 g/mol. The van der Waals surface area contributed by atoms with Gasteiger partial charge in [-0.15, -0.1) is 0 Å². The first kappa shape index (κ1) is 15.3. The predicted molar refractivity (Wildman–Crippen MR) is 77.7 cm³/mol. The molecule has 1 heterocycles. The lowest BCUT2D eigenvalue weighted by molar-refractivity contribution is 0.265. The molecule has 1 aromatic heterocycles. The average molecular weight is 251 g/mol. The Morgan fingerprint density at radius 2 is 1.78 bits per heavy atom. The van der Waals surface area contributed by atoms with Gasteiger partial charge in [0.2, 0.25) is 0 Å². The highest BCUT2D eigenvalue weighted by molar-refractivity contribution is 4.98. The zero-order valence-electron chi connectivity index (χ0n) is 12.6. The van der Waals surface area contributed by atoms with Crippen molar-refractivity contribution in [1.82, 2.24) is 5.32 Å². The van der Waals surface area contributed by atoms with Crippen LogP contribution < -0.4 is 5.32 Å². The lowest BCUT2D eigenvalue weighted by Crippen LogP contribution is -2.35. The second-order valence-electron chi connectivity index (χ2n) is 6.08. The molecule has 0 aliphatic rings. The van der Waals surface area contributed by atoms with Crippen LogP contribution in [0.1, 0.15) is 46.8 Å². The van der Waals surface area contributed by atoms with Gasteiger partial charge >= 0.3 is 0 Å². The minimum atomic E-state index is 0.551. The minimum absolute atomic E-state index is 0.551. The van der Waals surface area contributed by atoms with Gasteiger partial charge in [-0.1, -0.05) is 27.7 Å². The van der Waals surface area contributed by atoms with Crippen molar-refractivity contribution < 1.29 is 4.42 Å². The van der Waals surface area contributed by atoms with E-state index in [-0.39, 0.29) is 0 Å². The smallest absolute Gasteiger partial charge is 0.103 e. The van der Waals surface area contributed by atoms with E-state index in [0.29, 0.717) is 6.04 Å². The highest BCUT2D eigenvalue weighted by atomic mass is 16.3. The molecule has 0 aliphatic carbocycles. The third-order valence-electron chi connectivity index (χ3n) is 3.82. The number of hydrogen-bond acceptors (Lipinski definition) is 2. The Balaban J connectivity index is 2.25. The van der Waals surface area contributed by atoms with E-state index in [9.17, 15) is 0 Å². The Morgan fingerprint density at radius 1 is 1.11 bits per heavy atom. The van der Waals surface area contributed by atoms with Crippen LogP contribution in [0, 0.1) is 17.8 Å². The molecule has 0 saturated carbocycles. The normalized spacial score (nSPS) is 13.8. The van der Waals surface area contributed by atoms with Crippen LogP contribution >= 0.6 is 0 Å². The Morgan fingerprint density at radius 3 is 2.28 bits per heavy atom. The van der Waals surface area contributed by atoms with Gasteiger partial charge in [-0.2, -0.15) is 0 Å². The topological polar surface area (TPSA) is 25.2 Å². The van der Waals surface area contributed by atoms with Crippen molar-refractivity contribution in [3.05, 3.63) is 24.2 Å². The van der Waals surface area contributed by atoms with Crippen molar-refractivity contribution in [3.8, 4) is 0 Å². The summed E-state index contributed by atoms with van der Waals surface area (Å²) in [4.78, 5) is 0. The monoisotopic (exact) mass is 251 g/mol. The molecule has 0 saturated heterocycles. The molecular formula is C16H29NO. The molecule has 0 amide bonds. The number of hydrogen-bond donors (Lipinski definition) is 1. The number of furan rings is 1. The van der Waals surface area contributed by atoms with Crippen LogP contribution in [0.2, 0.25) is 0 Å². The zero-order valence-corrected chi connectivity index (χ0v) is 12.6. The van der Waals surface area contributed by atoms with E-state index >= 15 is 0 Å². The lowest BCUT2D eigenvalue weighted by Gasteiger charge is -2.27. The van der Waals surface area contributed by atoms with Gasteiger partial charge < -0.3 is 9.73 Å². The fourth-order valence-electron chi connectivity index (χ4n) is 2.49. The summed E-state index contributed by atoms with van der Waals surface area (Å²) in [6, 6.07) is 4.56. The van der Waals surface area contributed by atoms with Gasteiger partial charge in [0.05, 0.1) is 6.26 Å². The van der Waals surface area contributed by atoms with Crippen LogP contribution in [-0.2, 0) is 6.42 Å². The quantitative estimate of drug-likeness (QED) is 0.752. The molecule has 2 nitrogen and oxygen atoms in total. The Labute approximate surface area is 112 Å². The summed E-state index contributed by atoms with van der Waals surface area (Å²) in [5, 5.41) is 3.67. The van der Waals surface area contributed by atoms with Crippen molar-refractivity contribution in [3.63, 3.8) is 0 Å². The molecule has 18 heavy (non-hydrogen) atoms. The summed E-state index contributed by atoms with van der Waals surface area (Å²) in [5.74, 6) is 3.34. The molecule has 2 heteroatoms. The van der Waals surface area contributed by atoms with E-state index < -0.39 is 0 Å². The molecule has 1 rings (SSSR count). The molecule has 0 radical (unpaired) electrons. The molecule has 0 fully saturated rings. The van der Waals surface area contributed by atoms with Crippen LogP contribution in [-0.4, -0.2) is 12.6 Å². The molecule has 0 aliphatic heterocycles. The second kappa shape index (κ2) is 7.63. The third kappa shape index (κ3) is 5.26. The van der Waals surface area contributed by atoms with Gasteiger partial charge in [0.15, 0.2) is 0 Å². The fourth-order valence-corrected chi connectivity index (χ4v) is 2.49. The summed E-state index contributed by atoms with van der Waals surface area (Å²) < 4.78 is 5.36. The van der Waals surface area contributed by atoms with Gasteiger partial charge in [0.1, 0.15) is 5.76 Å². The first-order valence-electron chi connectivity index (χ1n) is 7.26. The zero-order chi connectivity index (χ0) is 13.5. The van der Waals surface area contributed by atoms with Crippen molar-refractivity contribution >= 4 is 0 Å². The average Bonchev–Trinajstić information content (AvgIpc) is 2.78. The maximum Gasteiger partial charge on any atom is 0.103 e. The minimum Gasteiger partial charge on any atom is -0.469 e. The van der Waals surface area contributed by atoms with E-state index in [2.05, 4.69) is 46.0 Å². The number of rotatable bonds is 8. The molecule has 1 N–H and O–H groups in total. The van der Waals surface area contributed by atoms with Gasteiger partial charge in [0, 0.05) is 12.5 Å². The van der Waals surface area contributed by atoms with E-state index in [4.69, 9.17) is 4.42 Å². The summed E-state index contributed by atoms with van der Waals surface area (Å²) in [7, 11) is 0. The lowest BCUT2D eigenvalue weighted by atomic mass is 9.85. The molecule has 1 atom stereocenters. The maximum absolute atomic E-state index is 5.36. The van der Waals surface area contributed by atoms with Crippen LogP contribution in [0.4, 0.5) is 0 Å². The Kier molecular flexibility index (Phi) is 6.48. The maximum atomic E-state index is 5.36. The summed E-state index contributed by atoms with van der Waals surface area (Å²) >= 11 is 0. The van der Waals surface area contributed by atoms with E-state index in [1.54, 1.807) is 6.26 Å².